The first kappa shape index (κ1) is 28.8. The van der Waals surface area contributed by atoms with Crippen molar-refractivity contribution in [2.75, 3.05) is 0 Å². The number of rotatable bonds is 6. The van der Waals surface area contributed by atoms with E-state index in [4.69, 9.17) is 0 Å². The van der Waals surface area contributed by atoms with Gasteiger partial charge in [-0.15, -0.1) is 0 Å². The molecule has 12 atom stereocenters. The molecule has 0 radical (unpaired) electrons. The third kappa shape index (κ3) is 4.98. The fourth-order valence-corrected chi connectivity index (χ4v) is 11.7. The summed E-state index contributed by atoms with van der Waals surface area (Å²) in [6, 6.07) is -0.510. The van der Waals surface area contributed by atoms with Crippen molar-refractivity contribution in [3.63, 3.8) is 0 Å². The van der Waals surface area contributed by atoms with E-state index in [1.807, 2.05) is 0 Å². The Morgan fingerprint density at radius 2 is 1.71 bits per heavy atom. The lowest BCUT2D eigenvalue weighted by Crippen LogP contribution is -2.58. The molecule has 5 fully saturated rings. The standard InChI is InChI=1S/C30H51NO6S/c1-18(8-13-28(34)31-25-6-4-5-7-26(25)38(35,36)37)22-11-12-23-21-10-9-19-16-20(32)14-15-29(19,2)24(21)17-27(33)30(22,23)3/h18-27,32-33H,4-17H2,1-3H3,(H,31,34)(H,35,36,37)/t18-,19-,20-,21+,22-,23+,24+,25-,26+,27+,29+,30-/m1/s1. The maximum atomic E-state index is 12.9. The van der Waals surface area contributed by atoms with E-state index in [-0.39, 0.29) is 28.9 Å². The average molecular weight is 554 g/mol. The number of hydrogen-bond acceptors (Lipinski definition) is 5. The van der Waals surface area contributed by atoms with E-state index in [1.54, 1.807) is 0 Å². The van der Waals surface area contributed by atoms with Crippen LogP contribution in [0.2, 0.25) is 0 Å². The Bertz CT molecular complexity index is 987. The highest BCUT2D eigenvalue weighted by Crippen LogP contribution is 2.68. The molecule has 4 N–H and O–H groups in total. The largest absolute Gasteiger partial charge is 0.393 e. The normalized spacial score (nSPS) is 47.9. The molecule has 5 aliphatic rings. The van der Waals surface area contributed by atoms with Gasteiger partial charge in [-0.2, -0.15) is 8.42 Å². The number of carbonyl (C=O) groups is 1. The van der Waals surface area contributed by atoms with Gasteiger partial charge in [0, 0.05) is 12.5 Å². The summed E-state index contributed by atoms with van der Waals surface area (Å²) in [7, 11) is -4.17. The molecule has 0 aromatic heterocycles. The lowest BCUT2D eigenvalue weighted by atomic mass is 9.43. The van der Waals surface area contributed by atoms with Gasteiger partial charge >= 0.3 is 0 Å². The van der Waals surface area contributed by atoms with Crippen molar-refractivity contribution in [2.24, 2.45) is 46.3 Å². The van der Waals surface area contributed by atoms with Gasteiger partial charge in [0.1, 0.15) is 5.25 Å². The van der Waals surface area contributed by atoms with Gasteiger partial charge in [0.25, 0.3) is 10.1 Å². The first-order valence-electron chi connectivity index (χ1n) is 15.5. The molecule has 7 nitrogen and oxygen atoms in total. The van der Waals surface area contributed by atoms with Crippen LogP contribution >= 0.6 is 0 Å². The molecule has 0 spiro atoms. The lowest BCUT2D eigenvalue weighted by Gasteiger charge is -2.62. The molecular formula is C30H51NO6S. The van der Waals surface area contributed by atoms with Crippen LogP contribution in [0.15, 0.2) is 0 Å². The van der Waals surface area contributed by atoms with Crippen molar-refractivity contribution < 1.29 is 28.0 Å². The second-order valence-electron chi connectivity index (χ2n) is 14.4. The zero-order valence-corrected chi connectivity index (χ0v) is 24.5. The first-order chi connectivity index (χ1) is 17.9. The van der Waals surface area contributed by atoms with Gasteiger partial charge < -0.3 is 15.5 Å². The van der Waals surface area contributed by atoms with Gasteiger partial charge in [-0.3, -0.25) is 9.35 Å². The number of amides is 1. The Kier molecular flexibility index (Phi) is 8.04. The van der Waals surface area contributed by atoms with E-state index >= 15 is 0 Å². The number of aliphatic hydroxyl groups is 2. The molecule has 8 heteroatoms. The number of carbonyl (C=O) groups excluding carboxylic acids is 1. The van der Waals surface area contributed by atoms with Crippen molar-refractivity contribution in [3.8, 4) is 0 Å². The minimum absolute atomic E-state index is 0.131. The van der Waals surface area contributed by atoms with E-state index in [1.165, 1.54) is 12.8 Å². The first-order valence-corrected chi connectivity index (χ1v) is 17.0. The fraction of sp³-hybridized carbons (Fsp3) is 0.967. The fourth-order valence-electron chi connectivity index (χ4n) is 10.6. The molecule has 0 aliphatic heterocycles. The van der Waals surface area contributed by atoms with E-state index in [2.05, 4.69) is 26.1 Å². The van der Waals surface area contributed by atoms with Crippen molar-refractivity contribution in [1.82, 2.24) is 5.32 Å². The molecule has 5 saturated carbocycles. The van der Waals surface area contributed by atoms with Crippen LogP contribution in [0, 0.1) is 46.3 Å². The Labute approximate surface area is 229 Å². The van der Waals surface area contributed by atoms with Crippen LogP contribution in [-0.4, -0.2) is 52.6 Å². The summed E-state index contributed by atoms with van der Waals surface area (Å²) >= 11 is 0. The predicted octanol–water partition coefficient (Wildman–Crippen LogP) is 4.71. The summed E-state index contributed by atoms with van der Waals surface area (Å²) in [4.78, 5) is 12.9. The zero-order valence-electron chi connectivity index (χ0n) is 23.6. The van der Waals surface area contributed by atoms with E-state index in [9.17, 15) is 28.0 Å². The smallest absolute Gasteiger partial charge is 0.269 e. The van der Waals surface area contributed by atoms with E-state index in [0.29, 0.717) is 54.8 Å². The van der Waals surface area contributed by atoms with Crippen LogP contribution in [-0.2, 0) is 14.9 Å². The highest BCUT2D eigenvalue weighted by Gasteiger charge is 2.63. The molecule has 0 aromatic rings. The molecule has 38 heavy (non-hydrogen) atoms. The summed E-state index contributed by atoms with van der Waals surface area (Å²) in [5, 5.41) is 24.1. The third-order valence-electron chi connectivity index (χ3n) is 12.8. The van der Waals surface area contributed by atoms with E-state index < -0.39 is 21.4 Å². The van der Waals surface area contributed by atoms with Crippen LogP contribution < -0.4 is 5.32 Å². The van der Waals surface area contributed by atoms with Crippen LogP contribution in [0.1, 0.15) is 111 Å². The van der Waals surface area contributed by atoms with Crippen LogP contribution in [0.5, 0.6) is 0 Å². The Hall–Kier alpha value is -0.700. The topological polar surface area (TPSA) is 124 Å². The van der Waals surface area contributed by atoms with Crippen molar-refractivity contribution >= 4 is 16.0 Å². The second kappa shape index (κ2) is 10.6. The number of fused-ring (bicyclic) bond motifs is 5. The van der Waals surface area contributed by atoms with Gasteiger partial charge in [-0.05, 0) is 117 Å². The van der Waals surface area contributed by atoms with Crippen LogP contribution in [0.4, 0.5) is 0 Å². The number of nitrogens with one attached hydrogen (secondary N) is 1. The monoisotopic (exact) mass is 553 g/mol. The molecule has 0 unspecified atom stereocenters. The Morgan fingerprint density at radius 1 is 0.974 bits per heavy atom. The molecule has 0 saturated heterocycles. The van der Waals surface area contributed by atoms with Crippen molar-refractivity contribution in [2.45, 2.75) is 134 Å². The lowest BCUT2D eigenvalue weighted by molar-refractivity contribution is -0.175. The quantitative estimate of drug-likeness (QED) is 0.353. The Morgan fingerprint density at radius 3 is 2.45 bits per heavy atom. The molecule has 5 rings (SSSR count). The summed E-state index contributed by atoms with van der Waals surface area (Å²) in [6.07, 6.45) is 11.6. The van der Waals surface area contributed by atoms with Crippen molar-refractivity contribution in [3.05, 3.63) is 0 Å². The maximum Gasteiger partial charge on any atom is 0.269 e. The molecular weight excluding hydrogens is 502 g/mol. The SMILES string of the molecule is C[C@H](CCC(=O)N[C@@H]1CCCC[C@@H]1S(=O)(=O)O)[C@H]1CC[C@H]2[C@@H]3CC[C@@H]4C[C@H](O)CC[C@]4(C)[C@H]3C[C@H](O)[C@]12C. The second-order valence-corrected chi connectivity index (χ2v) is 16.0. The Balaban J connectivity index is 1.22. The highest BCUT2D eigenvalue weighted by molar-refractivity contribution is 7.86. The number of aliphatic hydroxyl groups excluding tert-OH is 2. The van der Waals surface area contributed by atoms with E-state index in [0.717, 1.165) is 57.8 Å². The summed E-state index contributed by atoms with van der Waals surface area (Å²) in [5.41, 5.74) is 0.0964. The van der Waals surface area contributed by atoms with Crippen LogP contribution in [0.3, 0.4) is 0 Å². The van der Waals surface area contributed by atoms with Gasteiger partial charge in [-0.1, -0.05) is 33.6 Å². The zero-order chi connectivity index (χ0) is 27.5. The molecule has 0 bridgehead atoms. The average Bonchev–Trinajstić information content (AvgIpc) is 3.22. The molecule has 0 heterocycles. The van der Waals surface area contributed by atoms with Gasteiger partial charge in [0.05, 0.1) is 12.2 Å². The highest BCUT2D eigenvalue weighted by atomic mass is 32.2. The van der Waals surface area contributed by atoms with Gasteiger partial charge in [0.2, 0.25) is 5.91 Å². The molecule has 1 amide bonds. The van der Waals surface area contributed by atoms with Gasteiger partial charge in [-0.25, -0.2) is 0 Å². The molecule has 5 aliphatic carbocycles. The summed E-state index contributed by atoms with van der Waals surface area (Å²) in [6.45, 7) is 7.00. The van der Waals surface area contributed by atoms with Gasteiger partial charge in [0.15, 0.2) is 0 Å². The predicted molar refractivity (Wildman–Crippen MR) is 147 cm³/mol. The maximum absolute atomic E-state index is 12.9. The summed E-state index contributed by atoms with van der Waals surface area (Å²) in [5.74, 6) is 2.80. The summed E-state index contributed by atoms with van der Waals surface area (Å²) < 4.78 is 33.2. The molecule has 0 aromatic carbocycles. The minimum Gasteiger partial charge on any atom is -0.393 e. The van der Waals surface area contributed by atoms with Crippen molar-refractivity contribution in [1.29, 1.82) is 0 Å². The minimum atomic E-state index is -4.17. The number of hydrogen-bond donors (Lipinski definition) is 4. The third-order valence-corrected chi connectivity index (χ3v) is 14.1. The van der Waals surface area contributed by atoms with Crippen LogP contribution in [0.25, 0.3) is 0 Å². The molecule has 218 valence electrons.